The van der Waals surface area contributed by atoms with Crippen LogP contribution in [0, 0.1) is 11.3 Å². The lowest BCUT2D eigenvalue weighted by molar-refractivity contribution is 0.111. The Bertz CT molecular complexity index is 507. The first-order valence-corrected chi connectivity index (χ1v) is 3.67. The summed E-state index contributed by atoms with van der Waals surface area (Å²) in [6.07, 6.45) is 3.77. The third-order valence-corrected chi connectivity index (χ3v) is 1.78. The largest absolute Gasteiger partial charge is 0.296 e. The summed E-state index contributed by atoms with van der Waals surface area (Å²) in [5.74, 6) is 0. The molecule has 0 spiro atoms. The Balaban J connectivity index is 2.80. The van der Waals surface area contributed by atoms with Crippen LogP contribution in [0.1, 0.15) is 16.1 Å². The number of carbonyl (C=O) groups excluding carboxylic acids is 1. The number of nitrogens with zero attached hydrogens (tertiary/aromatic N) is 3. The molecule has 4 heteroatoms. The predicted molar refractivity (Wildman–Crippen MR) is 45.3 cm³/mol. The van der Waals surface area contributed by atoms with Gasteiger partial charge >= 0.3 is 0 Å². The molecule has 13 heavy (non-hydrogen) atoms. The van der Waals surface area contributed by atoms with E-state index in [9.17, 15) is 4.79 Å². The topological polar surface area (TPSA) is 58.2 Å². The summed E-state index contributed by atoms with van der Waals surface area (Å²) in [4.78, 5) is 14.5. The smallest absolute Gasteiger partial charge is 0.168 e. The minimum Gasteiger partial charge on any atom is -0.296 e. The van der Waals surface area contributed by atoms with E-state index in [2.05, 4.69) is 4.98 Å². The highest BCUT2D eigenvalue weighted by atomic mass is 16.1. The van der Waals surface area contributed by atoms with Gasteiger partial charge in [0, 0.05) is 6.20 Å². The Morgan fingerprint density at radius 2 is 2.38 bits per heavy atom. The number of aldehydes is 1. The molecule has 0 atom stereocenters. The maximum atomic E-state index is 10.5. The van der Waals surface area contributed by atoms with Gasteiger partial charge in [0.2, 0.25) is 0 Å². The number of aromatic nitrogens is 2. The molecule has 4 nitrogen and oxygen atoms in total. The van der Waals surface area contributed by atoms with Crippen LogP contribution in [0.15, 0.2) is 24.5 Å². The molecule has 2 rings (SSSR count). The fourth-order valence-electron chi connectivity index (χ4n) is 1.15. The molecule has 0 amide bonds. The van der Waals surface area contributed by atoms with Crippen molar-refractivity contribution in [3.8, 4) is 6.07 Å². The fourth-order valence-corrected chi connectivity index (χ4v) is 1.15. The van der Waals surface area contributed by atoms with Crippen molar-refractivity contribution in [1.82, 2.24) is 9.38 Å². The highest BCUT2D eigenvalue weighted by molar-refractivity contribution is 5.74. The second-order valence-corrected chi connectivity index (χ2v) is 2.56. The van der Waals surface area contributed by atoms with Crippen LogP contribution in [0.2, 0.25) is 0 Å². The molecule has 0 aliphatic heterocycles. The molecular formula is C9H5N3O. The molecule has 0 saturated carbocycles. The summed E-state index contributed by atoms with van der Waals surface area (Å²) < 4.78 is 1.59. The van der Waals surface area contributed by atoms with Crippen LogP contribution >= 0.6 is 0 Å². The van der Waals surface area contributed by atoms with Crippen LogP contribution < -0.4 is 0 Å². The van der Waals surface area contributed by atoms with Crippen LogP contribution in [-0.4, -0.2) is 15.7 Å². The fraction of sp³-hybridized carbons (Fsp3) is 0. The van der Waals surface area contributed by atoms with E-state index < -0.39 is 0 Å². The van der Waals surface area contributed by atoms with Crippen molar-refractivity contribution in [2.75, 3.05) is 0 Å². The molecule has 2 aromatic rings. The van der Waals surface area contributed by atoms with Gasteiger partial charge in [0.05, 0.1) is 11.8 Å². The van der Waals surface area contributed by atoms with E-state index >= 15 is 0 Å². The molecule has 0 aliphatic rings. The molecule has 62 valence electrons. The van der Waals surface area contributed by atoms with E-state index in [0.717, 1.165) is 0 Å². The van der Waals surface area contributed by atoms with Gasteiger partial charge in [0.15, 0.2) is 6.29 Å². The highest BCUT2D eigenvalue weighted by Gasteiger charge is 2.01. The summed E-state index contributed by atoms with van der Waals surface area (Å²) in [5, 5.41) is 8.63. The Hall–Kier alpha value is -2.15. The Labute approximate surface area is 74.1 Å². The number of rotatable bonds is 1. The highest BCUT2D eigenvalue weighted by Crippen LogP contribution is 2.06. The van der Waals surface area contributed by atoms with Gasteiger partial charge in [-0.3, -0.25) is 9.20 Å². The summed E-state index contributed by atoms with van der Waals surface area (Å²) in [6, 6.07) is 5.36. The molecule has 0 aromatic carbocycles. The average molecular weight is 171 g/mol. The van der Waals surface area contributed by atoms with Crippen LogP contribution in [-0.2, 0) is 0 Å². The van der Waals surface area contributed by atoms with Gasteiger partial charge in [0.25, 0.3) is 0 Å². The molecular weight excluding hydrogens is 166 g/mol. The molecule has 0 bridgehead atoms. The number of nitriles is 1. The van der Waals surface area contributed by atoms with Crippen molar-refractivity contribution in [2.24, 2.45) is 0 Å². The zero-order chi connectivity index (χ0) is 9.26. The first-order valence-electron chi connectivity index (χ1n) is 3.67. The number of hydrogen-bond donors (Lipinski definition) is 0. The van der Waals surface area contributed by atoms with Crippen molar-refractivity contribution >= 4 is 11.9 Å². The Kier molecular flexibility index (Phi) is 1.57. The number of hydrogen-bond acceptors (Lipinski definition) is 3. The monoisotopic (exact) mass is 171 g/mol. The maximum Gasteiger partial charge on any atom is 0.168 e. The number of imidazole rings is 1. The van der Waals surface area contributed by atoms with Gasteiger partial charge < -0.3 is 0 Å². The summed E-state index contributed by atoms with van der Waals surface area (Å²) in [7, 11) is 0. The van der Waals surface area contributed by atoms with Crippen LogP contribution in [0.4, 0.5) is 0 Å². The summed E-state index contributed by atoms with van der Waals surface area (Å²) >= 11 is 0. The minimum absolute atomic E-state index is 0.451. The van der Waals surface area contributed by atoms with Gasteiger partial charge in [-0.2, -0.15) is 5.26 Å². The van der Waals surface area contributed by atoms with Gasteiger partial charge in [-0.1, -0.05) is 0 Å². The zero-order valence-corrected chi connectivity index (χ0v) is 6.64. The number of fused-ring (bicyclic) bond motifs is 1. The SMILES string of the molecule is N#Cc1ccc2ncc(C=O)n2c1. The first kappa shape index (κ1) is 7.50. The van der Waals surface area contributed by atoms with Crippen molar-refractivity contribution in [2.45, 2.75) is 0 Å². The van der Waals surface area contributed by atoms with E-state index in [4.69, 9.17) is 5.26 Å². The van der Waals surface area contributed by atoms with E-state index in [1.165, 1.54) is 6.20 Å². The summed E-state index contributed by atoms with van der Waals surface area (Å²) in [5.41, 5.74) is 1.63. The zero-order valence-electron chi connectivity index (χ0n) is 6.64. The molecule has 2 aromatic heterocycles. The average Bonchev–Trinajstić information content (AvgIpc) is 2.59. The molecule has 0 radical (unpaired) electrons. The molecule has 0 N–H and O–H groups in total. The number of carbonyl (C=O) groups is 1. The normalized spacial score (nSPS) is 9.77. The van der Waals surface area contributed by atoms with Crippen molar-refractivity contribution in [3.05, 3.63) is 35.8 Å². The Morgan fingerprint density at radius 1 is 1.54 bits per heavy atom. The third kappa shape index (κ3) is 1.07. The quantitative estimate of drug-likeness (QED) is 0.602. The van der Waals surface area contributed by atoms with Gasteiger partial charge in [-0.05, 0) is 12.1 Å². The van der Waals surface area contributed by atoms with Crippen molar-refractivity contribution in [1.29, 1.82) is 5.26 Å². The molecule has 0 aliphatic carbocycles. The molecule has 0 saturated heterocycles. The Morgan fingerprint density at radius 3 is 3.08 bits per heavy atom. The standard InChI is InChI=1S/C9H5N3O/c10-3-7-1-2-9-11-4-8(6-13)12(9)5-7/h1-2,4-6H. The lowest BCUT2D eigenvalue weighted by Gasteiger charge is -1.94. The second-order valence-electron chi connectivity index (χ2n) is 2.56. The summed E-state index contributed by atoms with van der Waals surface area (Å²) in [6.45, 7) is 0. The van der Waals surface area contributed by atoms with Crippen LogP contribution in [0.3, 0.4) is 0 Å². The van der Waals surface area contributed by atoms with E-state index in [1.54, 1.807) is 22.7 Å². The van der Waals surface area contributed by atoms with E-state index in [1.807, 2.05) is 6.07 Å². The van der Waals surface area contributed by atoms with E-state index in [-0.39, 0.29) is 0 Å². The van der Waals surface area contributed by atoms with Gasteiger partial charge in [-0.15, -0.1) is 0 Å². The van der Waals surface area contributed by atoms with Gasteiger partial charge in [0.1, 0.15) is 17.4 Å². The lowest BCUT2D eigenvalue weighted by atomic mass is 10.3. The lowest BCUT2D eigenvalue weighted by Crippen LogP contribution is -1.91. The van der Waals surface area contributed by atoms with E-state index in [0.29, 0.717) is 23.2 Å². The third-order valence-electron chi connectivity index (χ3n) is 1.78. The van der Waals surface area contributed by atoms with Crippen LogP contribution in [0.5, 0.6) is 0 Å². The molecule has 0 unspecified atom stereocenters. The van der Waals surface area contributed by atoms with Gasteiger partial charge in [-0.25, -0.2) is 4.98 Å². The predicted octanol–water partition coefficient (Wildman–Crippen LogP) is 1.02. The van der Waals surface area contributed by atoms with Crippen molar-refractivity contribution < 1.29 is 4.79 Å². The van der Waals surface area contributed by atoms with Crippen LogP contribution in [0.25, 0.3) is 5.65 Å². The maximum absolute atomic E-state index is 10.5. The van der Waals surface area contributed by atoms with Crippen molar-refractivity contribution in [3.63, 3.8) is 0 Å². The molecule has 2 heterocycles. The molecule has 0 fully saturated rings. The second kappa shape index (κ2) is 2.72. The first-order chi connectivity index (χ1) is 6.35. The number of pyridine rings is 1. The minimum atomic E-state index is 0.451.